The third kappa shape index (κ3) is 4.46. The van der Waals surface area contributed by atoms with Crippen LogP contribution < -0.4 is 10.6 Å². The van der Waals surface area contributed by atoms with Crippen molar-refractivity contribution in [2.75, 3.05) is 26.0 Å². The second-order valence-electron chi connectivity index (χ2n) is 5.16. The van der Waals surface area contributed by atoms with Gasteiger partial charge >= 0.3 is 6.03 Å². The molecule has 1 aromatic carbocycles. The molecule has 5 nitrogen and oxygen atoms in total. The number of pyridine rings is 1. The van der Waals surface area contributed by atoms with Crippen molar-refractivity contribution in [3.63, 3.8) is 0 Å². The van der Waals surface area contributed by atoms with Crippen molar-refractivity contribution in [2.45, 2.75) is 6.04 Å². The van der Waals surface area contributed by atoms with Gasteiger partial charge in [0.1, 0.15) is 17.5 Å². The SMILES string of the molecule is CN(C)C(CNC(=O)Nc1ccccn1)c1c(F)cccc1F. The lowest BCUT2D eigenvalue weighted by molar-refractivity contribution is 0.240. The maximum absolute atomic E-state index is 13.9. The summed E-state index contributed by atoms with van der Waals surface area (Å²) in [5.74, 6) is -0.894. The smallest absolute Gasteiger partial charge is 0.320 e. The quantitative estimate of drug-likeness (QED) is 0.891. The highest BCUT2D eigenvalue weighted by Gasteiger charge is 2.22. The van der Waals surface area contributed by atoms with Gasteiger partial charge in [-0.05, 0) is 38.4 Å². The fraction of sp³-hybridized carbons (Fsp3) is 0.250. The number of hydrogen-bond acceptors (Lipinski definition) is 3. The number of carbonyl (C=O) groups excluding carboxylic acids is 1. The fourth-order valence-electron chi connectivity index (χ4n) is 2.16. The van der Waals surface area contributed by atoms with E-state index >= 15 is 0 Å². The van der Waals surface area contributed by atoms with Gasteiger partial charge < -0.3 is 10.2 Å². The van der Waals surface area contributed by atoms with Crippen LogP contribution in [0.3, 0.4) is 0 Å². The van der Waals surface area contributed by atoms with Gasteiger partial charge in [-0.2, -0.15) is 0 Å². The second-order valence-corrected chi connectivity index (χ2v) is 5.16. The number of halogens is 2. The van der Waals surface area contributed by atoms with Crippen molar-refractivity contribution in [3.8, 4) is 0 Å². The van der Waals surface area contributed by atoms with Crippen LogP contribution in [0.4, 0.5) is 19.4 Å². The minimum Gasteiger partial charge on any atom is -0.336 e. The number of likely N-dealkylation sites (N-methyl/N-ethyl adjacent to an activating group) is 1. The molecule has 0 bridgehead atoms. The number of aromatic nitrogens is 1. The van der Waals surface area contributed by atoms with Crippen molar-refractivity contribution in [2.24, 2.45) is 0 Å². The number of carbonyl (C=O) groups is 1. The molecule has 2 aromatic rings. The molecule has 0 saturated heterocycles. The van der Waals surface area contributed by atoms with E-state index in [2.05, 4.69) is 15.6 Å². The first-order valence-electron chi connectivity index (χ1n) is 7.05. The zero-order chi connectivity index (χ0) is 16.8. The summed E-state index contributed by atoms with van der Waals surface area (Å²) in [5.41, 5.74) is -0.0735. The number of nitrogens with one attached hydrogen (secondary N) is 2. The number of anilines is 1. The van der Waals surface area contributed by atoms with Crippen molar-refractivity contribution in [1.29, 1.82) is 0 Å². The molecule has 0 aliphatic heterocycles. The number of benzene rings is 1. The highest BCUT2D eigenvalue weighted by Crippen LogP contribution is 2.23. The number of hydrogen-bond donors (Lipinski definition) is 2. The lowest BCUT2D eigenvalue weighted by Crippen LogP contribution is -2.37. The van der Waals surface area contributed by atoms with Gasteiger partial charge in [-0.3, -0.25) is 5.32 Å². The third-order valence-corrected chi connectivity index (χ3v) is 3.32. The van der Waals surface area contributed by atoms with E-state index in [1.165, 1.54) is 18.2 Å². The van der Waals surface area contributed by atoms with Gasteiger partial charge in [-0.1, -0.05) is 12.1 Å². The molecule has 0 saturated carbocycles. The van der Waals surface area contributed by atoms with Crippen LogP contribution in [0.2, 0.25) is 0 Å². The molecular weight excluding hydrogens is 302 g/mol. The summed E-state index contributed by atoms with van der Waals surface area (Å²) < 4.78 is 27.9. The molecule has 2 rings (SSSR count). The van der Waals surface area contributed by atoms with Crippen molar-refractivity contribution in [3.05, 3.63) is 59.8 Å². The molecule has 0 radical (unpaired) electrons. The molecule has 1 aromatic heterocycles. The van der Waals surface area contributed by atoms with E-state index in [0.29, 0.717) is 5.82 Å². The van der Waals surface area contributed by atoms with Crippen molar-refractivity contribution >= 4 is 11.8 Å². The van der Waals surface area contributed by atoms with Crippen LogP contribution >= 0.6 is 0 Å². The first-order chi connectivity index (χ1) is 11.0. The molecule has 0 fully saturated rings. The standard InChI is InChI=1S/C16H18F2N4O/c1-22(2)13(15-11(17)6-5-7-12(15)18)10-20-16(23)21-14-8-3-4-9-19-14/h3-9,13H,10H2,1-2H3,(H2,19,20,21,23). The van der Waals surface area contributed by atoms with Gasteiger partial charge in [0.25, 0.3) is 0 Å². The Morgan fingerprint density at radius 1 is 1.17 bits per heavy atom. The van der Waals surface area contributed by atoms with Gasteiger partial charge in [-0.25, -0.2) is 18.6 Å². The monoisotopic (exact) mass is 320 g/mol. The molecule has 7 heteroatoms. The Morgan fingerprint density at radius 3 is 2.43 bits per heavy atom. The molecule has 122 valence electrons. The molecule has 1 heterocycles. The highest BCUT2D eigenvalue weighted by atomic mass is 19.1. The summed E-state index contributed by atoms with van der Waals surface area (Å²) in [6.45, 7) is 0.0452. The molecule has 0 aliphatic carbocycles. The van der Waals surface area contributed by atoms with Crippen molar-refractivity contribution in [1.82, 2.24) is 15.2 Å². The molecule has 0 spiro atoms. The largest absolute Gasteiger partial charge is 0.336 e. The Balaban J connectivity index is 2.05. The third-order valence-electron chi connectivity index (χ3n) is 3.32. The maximum atomic E-state index is 13.9. The van der Waals surface area contributed by atoms with Crippen LogP contribution in [0.1, 0.15) is 11.6 Å². The number of nitrogens with zero attached hydrogens (tertiary/aromatic N) is 2. The molecule has 2 amide bonds. The van der Waals surface area contributed by atoms with Crippen LogP contribution in [0, 0.1) is 11.6 Å². The number of urea groups is 1. The lowest BCUT2D eigenvalue weighted by Gasteiger charge is -2.25. The Bertz CT molecular complexity index is 644. The topological polar surface area (TPSA) is 57.3 Å². The Hall–Kier alpha value is -2.54. The average Bonchev–Trinajstić information content (AvgIpc) is 2.50. The Kier molecular flexibility index (Phi) is 5.59. The molecule has 2 N–H and O–H groups in total. The second kappa shape index (κ2) is 7.64. The summed E-state index contributed by atoms with van der Waals surface area (Å²) in [6, 6.07) is 7.68. The summed E-state index contributed by atoms with van der Waals surface area (Å²) in [5, 5.41) is 5.15. The van der Waals surface area contributed by atoms with Gasteiger partial charge in [0, 0.05) is 18.3 Å². The average molecular weight is 320 g/mol. The summed E-state index contributed by atoms with van der Waals surface area (Å²) in [4.78, 5) is 17.5. The summed E-state index contributed by atoms with van der Waals surface area (Å²) in [6.07, 6.45) is 1.55. The Morgan fingerprint density at radius 2 is 1.87 bits per heavy atom. The van der Waals surface area contributed by atoms with E-state index in [-0.39, 0.29) is 12.1 Å². The van der Waals surface area contributed by atoms with Crippen LogP contribution in [-0.2, 0) is 0 Å². The minimum absolute atomic E-state index is 0.0452. The molecule has 23 heavy (non-hydrogen) atoms. The molecule has 0 aliphatic rings. The van der Waals surface area contributed by atoms with Crippen LogP contribution in [0.5, 0.6) is 0 Å². The molecule has 1 atom stereocenters. The van der Waals surface area contributed by atoms with E-state index in [9.17, 15) is 13.6 Å². The number of amides is 2. The van der Waals surface area contributed by atoms with Gasteiger partial charge in [0.15, 0.2) is 0 Å². The lowest BCUT2D eigenvalue weighted by atomic mass is 10.0. The van der Waals surface area contributed by atoms with Crippen molar-refractivity contribution < 1.29 is 13.6 Å². The zero-order valence-corrected chi connectivity index (χ0v) is 12.9. The first kappa shape index (κ1) is 16.8. The van der Waals surface area contributed by atoms with Crippen LogP contribution in [0.25, 0.3) is 0 Å². The predicted octanol–water partition coefficient (Wildman–Crippen LogP) is 2.78. The molecule has 1 unspecified atom stereocenters. The summed E-state index contributed by atoms with van der Waals surface area (Å²) in [7, 11) is 3.38. The maximum Gasteiger partial charge on any atom is 0.320 e. The normalized spacial score (nSPS) is 12.0. The predicted molar refractivity (Wildman–Crippen MR) is 84.0 cm³/mol. The van der Waals surface area contributed by atoms with E-state index in [4.69, 9.17) is 0 Å². The Labute approximate surface area is 133 Å². The van der Waals surface area contributed by atoms with E-state index in [1.807, 2.05) is 0 Å². The van der Waals surface area contributed by atoms with E-state index in [1.54, 1.807) is 43.4 Å². The van der Waals surface area contributed by atoms with Crippen LogP contribution in [-0.4, -0.2) is 36.6 Å². The minimum atomic E-state index is -0.643. The van der Waals surface area contributed by atoms with Gasteiger partial charge in [0.2, 0.25) is 0 Å². The fourth-order valence-corrected chi connectivity index (χ4v) is 2.16. The van der Waals surface area contributed by atoms with E-state index < -0.39 is 23.7 Å². The zero-order valence-electron chi connectivity index (χ0n) is 12.9. The summed E-state index contributed by atoms with van der Waals surface area (Å²) >= 11 is 0. The molecular formula is C16H18F2N4O. The van der Waals surface area contributed by atoms with E-state index in [0.717, 1.165) is 0 Å². The van der Waals surface area contributed by atoms with Gasteiger partial charge in [0.05, 0.1) is 6.04 Å². The van der Waals surface area contributed by atoms with Crippen LogP contribution in [0.15, 0.2) is 42.6 Å². The van der Waals surface area contributed by atoms with Gasteiger partial charge in [-0.15, -0.1) is 0 Å². The first-order valence-corrected chi connectivity index (χ1v) is 7.05. The number of rotatable bonds is 5. The highest BCUT2D eigenvalue weighted by molar-refractivity contribution is 5.88.